The van der Waals surface area contributed by atoms with Crippen molar-refractivity contribution < 1.29 is 23.8 Å². The molecule has 0 saturated heterocycles. The Labute approximate surface area is 385 Å². The van der Waals surface area contributed by atoms with E-state index in [1.807, 2.05) is 6.08 Å². The zero-order chi connectivity index (χ0) is 44.9. The third kappa shape index (κ3) is 50.0. The highest BCUT2D eigenvalue weighted by molar-refractivity contribution is 5.70. The number of hydrogen-bond donors (Lipinski definition) is 0. The topological polar surface area (TPSA) is 61.8 Å². The molecule has 0 amide bonds. The van der Waals surface area contributed by atoms with Gasteiger partial charge in [-0.3, -0.25) is 9.59 Å². The summed E-state index contributed by atoms with van der Waals surface area (Å²) in [6, 6.07) is 0. The van der Waals surface area contributed by atoms with Crippen LogP contribution in [0.15, 0.2) is 72.9 Å². The Kier molecular flexibility index (Phi) is 50.4. The molecular weight excluding hydrogens is 765 g/mol. The normalized spacial score (nSPS) is 12.8. The van der Waals surface area contributed by atoms with Gasteiger partial charge in [0.1, 0.15) is 6.61 Å². The van der Waals surface area contributed by atoms with E-state index in [1.165, 1.54) is 148 Å². The first kappa shape index (κ1) is 59.3. The SMILES string of the molecule is CC/C=C\C/C=C\C/C=C\C/C=C\C/C=C\C/C=C\CCC(=O)OC[C@@H](COCCCCCCCCCCCCCCCCCC)OC(=O)CCCCCCCCCCCCC. The first-order valence-corrected chi connectivity index (χ1v) is 26.5. The lowest BCUT2D eigenvalue weighted by Gasteiger charge is -2.18. The van der Waals surface area contributed by atoms with Crippen LogP contribution in [-0.2, 0) is 23.8 Å². The van der Waals surface area contributed by atoms with Crippen molar-refractivity contribution in [3.8, 4) is 0 Å². The second-order valence-corrected chi connectivity index (χ2v) is 17.4. The molecule has 0 N–H and O–H groups in total. The Bertz CT molecular complexity index is 1110. The smallest absolute Gasteiger partial charge is 0.306 e. The molecule has 0 bridgehead atoms. The van der Waals surface area contributed by atoms with E-state index in [0.717, 1.165) is 64.2 Å². The Morgan fingerprint density at radius 2 is 0.726 bits per heavy atom. The molecule has 0 radical (unpaired) electrons. The number of hydrogen-bond acceptors (Lipinski definition) is 5. The average Bonchev–Trinajstić information content (AvgIpc) is 3.27. The summed E-state index contributed by atoms with van der Waals surface area (Å²) in [5, 5.41) is 0. The summed E-state index contributed by atoms with van der Waals surface area (Å²) in [6.45, 7) is 7.66. The Balaban J connectivity index is 4.33. The molecular formula is C57H100O5. The number of rotatable bonds is 48. The van der Waals surface area contributed by atoms with Gasteiger partial charge >= 0.3 is 11.9 Å². The standard InChI is InChI=1S/C57H100O5/c1-4-7-10-13-16-19-22-24-26-28-29-30-31-33-36-38-41-44-47-50-56(58)61-54-55(62-57(59)51-48-45-42-39-35-21-18-15-12-9-6-3)53-60-52-49-46-43-40-37-34-32-27-25-23-20-17-14-11-8-5-2/h7,10,16,19,24,26,29-30,33,36,41,44,55H,4-6,8-9,11-15,17-18,20-23,25,27-28,31-32,34-35,37-40,42-43,45-54H2,1-3H3/b10-7-,19-16-,26-24-,30-29-,36-33-,44-41-/t55-/m1/s1. The first-order valence-electron chi connectivity index (χ1n) is 26.5. The first-order chi connectivity index (χ1) is 30.6. The van der Waals surface area contributed by atoms with Crippen LogP contribution in [0.2, 0.25) is 0 Å². The number of esters is 2. The van der Waals surface area contributed by atoms with Crippen LogP contribution in [-0.4, -0.2) is 37.9 Å². The number of allylic oxidation sites excluding steroid dienone is 12. The molecule has 0 heterocycles. The summed E-state index contributed by atoms with van der Waals surface area (Å²) in [5.74, 6) is -0.486. The third-order valence-electron chi connectivity index (χ3n) is 11.3. The van der Waals surface area contributed by atoms with E-state index < -0.39 is 6.10 Å². The zero-order valence-corrected chi connectivity index (χ0v) is 41.1. The molecule has 0 aromatic heterocycles. The van der Waals surface area contributed by atoms with Crippen LogP contribution in [0.1, 0.15) is 252 Å². The van der Waals surface area contributed by atoms with Crippen LogP contribution in [0.4, 0.5) is 0 Å². The molecule has 0 aromatic carbocycles. The van der Waals surface area contributed by atoms with Crippen molar-refractivity contribution in [1.82, 2.24) is 0 Å². The summed E-state index contributed by atoms with van der Waals surface area (Å²) >= 11 is 0. The fraction of sp³-hybridized carbons (Fsp3) is 0.754. The van der Waals surface area contributed by atoms with Crippen LogP contribution in [0.25, 0.3) is 0 Å². The van der Waals surface area contributed by atoms with Crippen molar-refractivity contribution in [3.63, 3.8) is 0 Å². The van der Waals surface area contributed by atoms with Crippen LogP contribution in [0, 0.1) is 0 Å². The van der Waals surface area contributed by atoms with Crippen molar-refractivity contribution in [2.75, 3.05) is 19.8 Å². The van der Waals surface area contributed by atoms with Crippen LogP contribution in [0.3, 0.4) is 0 Å². The second kappa shape index (κ2) is 52.7. The minimum Gasteiger partial charge on any atom is -0.462 e. The van der Waals surface area contributed by atoms with Gasteiger partial charge in [0.25, 0.3) is 0 Å². The lowest BCUT2D eigenvalue weighted by atomic mass is 10.0. The molecule has 0 aliphatic rings. The highest BCUT2D eigenvalue weighted by Gasteiger charge is 2.17. The fourth-order valence-corrected chi connectivity index (χ4v) is 7.36. The van der Waals surface area contributed by atoms with Gasteiger partial charge in [0.15, 0.2) is 6.10 Å². The summed E-state index contributed by atoms with van der Waals surface area (Å²) in [6.07, 6.45) is 67.8. The van der Waals surface area contributed by atoms with Gasteiger partial charge in [0.05, 0.1) is 6.61 Å². The molecule has 0 rings (SSSR count). The van der Waals surface area contributed by atoms with Gasteiger partial charge in [-0.1, -0.05) is 254 Å². The molecule has 1 atom stereocenters. The maximum Gasteiger partial charge on any atom is 0.306 e. The van der Waals surface area contributed by atoms with E-state index in [0.29, 0.717) is 25.9 Å². The number of carbonyl (C=O) groups is 2. The zero-order valence-electron chi connectivity index (χ0n) is 41.1. The molecule has 0 fully saturated rings. The molecule has 0 unspecified atom stereocenters. The maximum absolute atomic E-state index is 12.8. The molecule has 5 nitrogen and oxygen atoms in total. The van der Waals surface area contributed by atoms with Gasteiger partial charge in [-0.05, 0) is 57.8 Å². The monoisotopic (exact) mass is 865 g/mol. The molecule has 5 heteroatoms. The highest BCUT2D eigenvalue weighted by atomic mass is 16.6. The van der Waals surface area contributed by atoms with Gasteiger partial charge < -0.3 is 14.2 Å². The van der Waals surface area contributed by atoms with E-state index in [-0.39, 0.29) is 25.2 Å². The predicted molar refractivity (Wildman–Crippen MR) is 270 cm³/mol. The molecule has 0 saturated carbocycles. The van der Waals surface area contributed by atoms with E-state index in [9.17, 15) is 9.59 Å². The van der Waals surface area contributed by atoms with Crippen molar-refractivity contribution in [2.45, 2.75) is 258 Å². The predicted octanol–water partition coefficient (Wildman–Crippen LogP) is 17.9. The van der Waals surface area contributed by atoms with Gasteiger partial charge in [-0.15, -0.1) is 0 Å². The number of carbonyl (C=O) groups excluding carboxylic acids is 2. The maximum atomic E-state index is 12.8. The summed E-state index contributed by atoms with van der Waals surface area (Å²) in [5.41, 5.74) is 0. The Hall–Kier alpha value is -2.66. The van der Waals surface area contributed by atoms with Crippen LogP contribution >= 0.6 is 0 Å². The lowest BCUT2D eigenvalue weighted by Crippen LogP contribution is -2.30. The third-order valence-corrected chi connectivity index (χ3v) is 11.3. The summed E-state index contributed by atoms with van der Waals surface area (Å²) in [4.78, 5) is 25.3. The van der Waals surface area contributed by atoms with Gasteiger partial charge in [-0.25, -0.2) is 0 Å². The Morgan fingerprint density at radius 1 is 0.371 bits per heavy atom. The summed E-state index contributed by atoms with van der Waals surface area (Å²) < 4.78 is 17.3. The van der Waals surface area contributed by atoms with Crippen molar-refractivity contribution in [1.29, 1.82) is 0 Å². The van der Waals surface area contributed by atoms with E-state index in [4.69, 9.17) is 14.2 Å². The highest BCUT2D eigenvalue weighted by Crippen LogP contribution is 2.15. The molecule has 0 aliphatic carbocycles. The van der Waals surface area contributed by atoms with Gasteiger partial charge in [0.2, 0.25) is 0 Å². The molecule has 358 valence electrons. The van der Waals surface area contributed by atoms with E-state index in [2.05, 4.69) is 87.6 Å². The van der Waals surface area contributed by atoms with Gasteiger partial charge in [0, 0.05) is 19.4 Å². The second-order valence-electron chi connectivity index (χ2n) is 17.4. The largest absolute Gasteiger partial charge is 0.462 e. The minimum atomic E-state index is -0.564. The molecule has 0 spiro atoms. The molecule has 62 heavy (non-hydrogen) atoms. The minimum absolute atomic E-state index is 0.0472. The fourth-order valence-electron chi connectivity index (χ4n) is 7.36. The van der Waals surface area contributed by atoms with Crippen molar-refractivity contribution in [3.05, 3.63) is 72.9 Å². The van der Waals surface area contributed by atoms with Crippen LogP contribution < -0.4 is 0 Å². The number of ether oxygens (including phenoxy) is 3. The van der Waals surface area contributed by atoms with Crippen LogP contribution in [0.5, 0.6) is 0 Å². The van der Waals surface area contributed by atoms with Gasteiger partial charge in [-0.2, -0.15) is 0 Å². The van der Waals surface area contributed by atoms with E-state index in [1.54, 1.807) is 0 Å². The lowest BCUT2D eigenvalue weighted by molar-refractivity contribution is -0.162. The van der Waals surface area contributed by atoms with E-state index >= 15 is 0 Å². The van der Waals surface area contributed by atoms with Crippen molar-refractivity contribution >= 4 is 11.9 Å². The molecule has 0 aromatic rings. The average molecular weight is 865 g/mol. The Morgan fingerprint density at radius 3 is 1.13 bits per heavy atom. The quantitative estimate of drug-likeness (QED) is 0.0346. The summed E-state index contributed by atoms with van der Waals surface area (Å²) in [7, 11) is 0. The number of unbranched alkanes of at least 4 members (excludes halogenated alkanes) is 25. The van der Waals surface area contributed by atoms with Crippen molar-refractivity contribution in [2.24, 2.45) is 0 Å². The molecule has 0 aliphatic heterocycles.